The molecule has 4 heteroatoms. The Morgan fingerprint density at radius 3 is 2.41 bits per heavy atom. The Morgan fingerprint density at radius 1 is 1.47 bits per heavy atom. The van der Waals surface area contributed by atoms with Gasteiger partial charge in [0.25, 0.3) is 0 Å². The molecule has 0 bridgehead atoms. The predicted molar refractivity (Wildman–Crippen MR) is 66.9 cm³/mol. The van der Waals surface area contributed by atoms with Gasteiger partial charge in [-0.25, -0.2) is 4.79 Å². The SMILES string of the molecule is C[C@@H](O)CCC1(NC(=O)OC(C)(C)C)CCC1. The second-order valence-electron chi connectivity index (χ2n) is 6.15. The standard InChI is InChI=1S/C13H25NO3/c1-10(15)6-9-13(7-5-8-13)14-11(16)17-12(2,3)4/h10,15H,5-9H2,1-4H3,(H,14,16)/t10-/m1/s1. The molecule has 1 amide bonds. The van der Waals surface area contributed by atoms with Gasteiger partial charge in [0.2, 0.25) is 0 Å². The molecule has 1 rings (SSSR count). The largest absolute Gasteiger partial charge is 0.444 e. The molecule has 0 unspecified atom stereocenters. The zero-order valence-corrected chi connectivity index (χ0v) is 11.4. The van der Waals surface area contributed by atoms with E-state index in [-0.39, 0.29) is 17.7 Å². The van der Waals surface area contributed by atoms with Crippen LogP contribution in [0.3, 0.4) is 0 Å². The van der Waals surface area contributed by atoms with Crippen LogP contribution < -0.4 is 5.32 Å². The summed E-state index contributed by atoms with van der Waals surface area (Å²) in [6, 6.07) is 0. The van der Waals surface area contributed by atoms with E-state index in [4.69, 9.17) is 4.74 Å². The maximum Gasteiger partial charge on any atom is 0.408 e. The average molecular weight is 243 g/mol. The van der Waals surface area contributed by atoms with Gasteiger partial charge in [-0.2, -0.15) is 0 Å². The molecule has 1 aliphatic carbocycles. The van der Waals surface area contributed by atoms with Crippen molar-refractivity contribution in [3.05, 3.63) is 0 Å². The summed E-state index contributed by atoms with van der Waals surface area (Å²) in [4.78, 5) is 11.7. The quantitative estimate of drug-likeness (QED) is 0.798. The number of alkyl carbamates (subject to hydrolysis) is 1. The number of carbonyl (C=O) groups excluding carboxylic acids is 1. The molecule has 0 saturated heterocycles. The lowest BCUT2D eigenvalue weighted by Crippen LogP contribution is -2.54. The van der Waals surface area contributed by atoms with E-state index in [1.807, 2.05) is 20.8 Å². The maximum absolute atomic E-state index is 11.7. The molecule has 17 heavy (non-hydrogen) atoms. The molecule has 0 spiro atoms. The fraction of sp³-hybridized carbons (Fsp3) is 0.923. The first-order valence-corrected chi connectivity index (χ1v) is 6.42. The lowest BCUT2D eigenvalue weighted by Gasteiger charge is -2.43. The number of amides is 1. The van der Waals surface area contributed by atoms with Crippen molar-refractivity contribution in [3.8, 4) is 0 Å². The van der Waals surface area contributed by atoms with Gasteiger partial charge in [0.05, 0.1) is 6.10 Å². The summed E-state index contributed by atoms with van der Waals surface area (Å²) >= 11 is 0. The Hall–Kier alpha value is -0.770. The summed E-state index contributed by atoms with van der Waals surface area (Å²) in [6.45, 7) is 7.35. The van der Waals surface area contributed by atoms with Crippen LogP contribution in [0.1, 0.15) is 59.8 Å². The number of hydrogen-bond donors (Lipinski definition) is 2. The third kappa shape index (κ3) is 4.94. The molecule has 4 nitrogen and oxygen atoms in total. The van der Waals surface area contributed by atoms with Crippen LogP contribution in [0.4, 0.5) is 4.79 Å². The highest BCUT2D eigenvalue weighted by Crippen LogP contribution is 2.36. The predicted octanol–water partition coefficient (Wildman–Crippen LogP) is 2.59. The van der Waals surface area contributed by atoms with E-state index >= 15 is 0 Å². The monoisotopic (exact) mass is 243 g/mol. The van der Waals surface area contributed by atoms with Crippen molar-refractivity contribution in [1.82, 2.24) is 5.32 Å². The van der Waals surface area contributed by atoms with Crippen molar-refractivity contribution in [2.75, 3.05) is 0 Å². The Kier molecular flexibility index (Phi) is 4.42. The summed E-state index contributed by atoms with van der Waals surface area (Å²) < 4.78 is 5.26. The van der Waals surface area contributed by atoms with Crippen LogP contribution in [0.25, 0.3) is 0 Å². The normalized spacial score (nSPS) is 20.3. The van der Waals surface area contributed by atoms with Crippen LogP contribution in [0.2, 0.25) is 0 Å². The molecule has 0 aromatic carbocycles. The highest BCUT2D eigenvalue weighted by Gasteiger charge is 2.39. The first kappa shape index (κ1) is 14.3. The van der Waals surface area contributed by atoms with E-state index < -0.39 is 5.60 Å². The van der Waals surface area contributed by atoms with Crippen LogP contribution in [0, 0.1) is 0 Å². The fourth-order valence-electron chi connectivity index (χ4n) is 2.05. The Morgan fingerprint density at radius 2 is 2.06 bits per heavy atom. The number of aliphatic hydroxyl groups excluding tert-OH is 1. The third-order valence-corrected chi connectivity index (χ3v) is 3.12. The number of aliphatic hydroxyl groups is 1. The van der Waals surface area contributed by atoms with Crippen molar-refractivity contribution in [2.24, 2.45) is 0 Å². The van der Waals surface area contributed by atoms with Crippen molar-refractivity contribution >= 4 is 6.09 Å². The topological polar surface area (TPSA) is 58.6 Å². The number of rotatable bonds is 4. The molecule has 1 fully saturated rings. The van der Waals surface area contributed by atoms with Crippen LogP contribution in [0.5, 0.6) is 0 Å². The van der Waals surface area contributed by atoms with E-state index in [1.54, 1.807) is 6.92 Å². The van der Waals surface area contributed by atoms with Crippen LogP contribution in [-0.4, -0.2) is 28.4 Å². The highest BCUT2D eigenvalue weighted by atomic mass is 16.6. The van der Waals surface area contributed by atoms with E-state index in [1.165, 1.54) is 0 Å². The Labute approximate surface area is 104 Å². The molecular formula is C13H25NO3. The molecular weight excluding hydrogens is 218 g/mol. The minimum absolute atomic E-state index is 0.140. The van der Waals surface area contributed by atoms with Crippen molar-refractivity contribution in [1.29, 1.82) is 0 Å². The summed E-state index contributed by atoms with van der Waals surface area (Å²) in [7, 11) is 0. The van der Waals surface area contributed by atoms with Gasteiger partial charge >= 0.3 is 6.09 Å². The summed E-state index contributed by atoms with van der Waals surface area (Å²) in [5, 5.41) is 12.3. The van der Waals surface area contributed by atoms with Gasteiger partial charge in [0, 0.05) is 5.54 Å². The molecule has 1 aliphatic rings. The Balaban J connectivity index is 2.43. The average Bonchev–Trinajstić information content (AvgIpc) is 2.05. The van der Waals surface area contributed by atoms with Crippen LogP contribution >= 0.6 is 0 Å². The molecule has 1 atom stereocenters. The smallest absolute Gasteiger partial charge is 0.408 e. The zero-order chi connectivity index (χ0) is 13.1. The van der Waals surface area contributed by atoms with Gasteiger partial charge in [-0.3, -0.25) is 0 Å². The first-order chi connectivity index (χ1) is 7.72. The maximum atomic E-state index is 11.7. The highest BCUT2D eigenvalue weighted by molar-refractivity contribution is 5.69. The minimum Gasteiger partial charge on any atom is -0.444 e. The molecule has 0 aromatic rings. The minimum atomic E-state index is -0.459. The van der Waals surface area contributed by atoms with E-state index in [2.05, 4.69) is 5.32 Å². The van der Waals surface area contributed by atoms with Crippen LogP contribution in [-0.2, 0) is 4.74 Å². The summed E-state index contributed by atoms with van der Waals surface area (Å²) in [5.74, 6) is 0. The van der Waals surface area contributed by atoms with Crippen LogP contribution in [0.15, 0.2) is 0 Å². The number of hydrogen-bond acceptors (Lipinski definition) is 3. The van der Waals surface area contributed by atoms with Crippen molar-refractivity contribution in [3.63, 3.8) is 0 Å². The third-order valence-electron chi connectivity index (χ3n) is 3.12. The molecule has 0 heterocycles. The molecule has 0 aromatic heterocycles. The second kappa shape index (κ2) is 5.25. The van der Waals surface area contributed by atoms with Gasteiger partial charge in [0.1, 0.15) is 5.60 Å². The van der Waals surface area contributed by atoms with Gasteiger partial charge < -0.3 is 15.2 Å². The van der Waals surface area contributed by atoms with E-state index in [0.29, 0.717) is 0 Å². The van der Waals surface area contributed by atoms with Crippen molar-refractivity contribution in [2.45, 2.75) is 77.0 Å². The first-order valence-electron chi connectivity index (χ1n) is 6.42. The number of carbonyl (C=O) groups is 1. The molecule has 2 N–H and O–H groups in total. The second-order valence-corrected chi connectivity index (χ2v) is 6.15. The summed E-state index contributed by atoms with van der Waals surface area (Å²) in [5.41, 5.74) is -0.599. The zero-order valence-electron chi connectivity index (χ0n) is 11.4. The van der Waals surface area contributed by atoms with E-state index in [9.17, 15) is 9.90 Å². The summed E-state index contributed by atoms with van der Waals surface area (Å²) in [6.07, 6.45) is 3.99. The fourth-order valence-corrected chi connectivity index (χ4v) is 2.05. The number of nitrogens with one attached hydrogen (secondary N) is 1. The Bertz CT molecular complexity index is 264. The van der Waals surface area contributed by atoms with Crippen molar-refractivity contribution < 1.29 is 14.6 Å². The molecule has 0 radical (unpaired) electrons. The van der Waals surface area contributed by atoms with Gasteiger partial charge in [0.15, 0.2) is 0 Å². The lowest BCUT2D eigenvalue weighted by molar-refractivity contribution is 0.0344. The lowest BCUT2D eigenvalue weighted by atomic mass is 9.73. The van der Waals surface area contributed by atoms with Gasteiger partial charge in [-0.15, -0.1) is 0 Å². The molecule has 1 saturated carbocycles. The van der Waals surface area contributed by atoms with Gasteiger partial charge in [-0.1, -0.05) is 0 Å². The number of ether oxygens (including phenoxy) is 1. The molecule has 100 valence electrons. The molecule has 0 aliphatic heterocycles. The van der Waals surface area contributed by atoms with Gasteiger partial charge in [-0.05, 0) is 59.8 Å². The van der Waals surface area contributed by atoms with E-state index in [0.717, 1.165) is 32.1 Å².